The molecule has 0 atom stereocenters. The summed E-state index contributed by atoms with van der Waals surface area (Å²) in [6.07, 6.45) is 4.92. The molecule has 0 saturated carbocycles. The smallest absolute Gasteiger partial charge is 0.228 e. The summed E-state index contributed by atoms with van der Waals surface area (Å²) in [6, 6.07) is 2.37. The maximum absolute atomic E-state index is 14.8. The number of ether oxygens (including phenoxy) is 1. The number of allylic oxidation sites excluding steroid dienone is 1. The Hall–Kier alpha value is -3.49. The van der Waals surface area contributed by atoms with Gasteiger partial charge in [0.25, 0.3) is 0 Å². The minimum Gasteiger partial charge on any atom is -0.380 e. The molecule has 0 heterocycles. The Morgan fingerprint density at radius 2 is 1.73 bits per heavy atom. The first-order valence-electron chi connectivity index (χ1n) is 14.7. The standard InChI is InChI=1S/C18H23F2N3O.C11H22N2O.C2H5NO.C2H6/c1-17(2,3)9-13(24)23(18(4,5)6)16-14(20)11(10-21)8-12(19)15(16)22-7;1-5-6-10(9-14-4)11(13-3)7-8-12-2;1-3-2-4;1-2/h8H,7,9H2,1-6H3;6,12H,5,7-9H2,1-4H3;2H,1H3,(H,3,4);1-2H3/b;10-6-,13-11?;;. The van der Waals surface area contributed by atoms with Gasteiger partial charge in [0, 0.05) is 51.8 Å². The quantitative estimate of drug-likeness (QED) is 0.208. The average Bonchev–Trinajstić information content (AvgIpc) is 2.95. The fourth-order valence-corrected chi connectivity index (χ4v) is 3.73. The Balaban J connectivity index is -0.000000710. The maximum atomic E-state index is 14.8. The van der Waals surface area contributed by atoms with Crippen molar-refractivity contribution in [1.29, 1.82) is 5.26 Å². The van der Waals surface area contributed by atoms with E-state index in [1.165, 1.54) is 10.5 Å². The Kier molecular flexibility index (Phi) is 24.4. The van der Waals surface area contributed by atoms with Crippen LogP contribution in [0.2, 0.25) is 0 Å². The van der Waals surface area contributed by atoms with Crippen LogP contribution in [-0.2, 0) is 14.3 Å². The van der Waals surface area contributed by atoms with Crippen LogP contribution in [0.1, 0.15) is 87.1 Å². The summed E-state index contributed by atoms with van der Waals surface area (Å²) >= 11 is 0. The van der Waals surface area contributed by atoms with Crippen LogP contribution < -0.4 is 15.5 Å². The van der Waals surface area contributed by atoms with Crippen molar-refractivity contribution in [2.24, 2.45) is 15.4 Å². The number of hydrogen-bond acceptors (Lipinski definition) is 7. The molecule has 0 aliphatic heterocycles. The summed E-state index contributed by atoms with van der Waals surface area (Å²) in [7, 11) is 7.07. The maximum Gasteiger partial charge on any atom is 0.228 e. The highest BCUT2D eigenvalue weighted by atomic mass is 19.1. The number of benzene rings is 1. The SMILES string of the molecule is C=Nc1c(F)cc(C#N)c(F)c1N(C(=O)CC(C)(C)C)C(C)(C)C.CC.CC/C=C(/COC)C(CCNC)=NC.CNC=O. The number of nitrogens with zero attached hydrogens (tertiary/aromatic N) is 4. The lowest BCUT2D eigenvalue weighted by molar-refractivity contribution is -0.121. The molecule has 9 nitrogen and oxygen atoms in total. The minimum absolute atomic E-state index is 0.124. The summed E-state index contributed by atoms with van der Waals surface area (Å²) in [5.74, 6) is -2.25. The lowest BCUT2D eigenvalue weighted by Gasteiger charge is -2.38. The first kappa shape index (κ1) is 44.9. The van der Waals surface area contributed by atoms with E-state index in [9.17, 15) is 13.6 Å². The molecular weight excluding hydrogens is 566 g/mol. The predicted octanol–water partition coefficient (Wildman–Crippen LogP) is 6.77. The molecular formula is C33H56F2N6O3. The van der Waals surface area contributed by atoms with Crippen molar-refractivity contribution in [3.63, 3.8) is 0 Å². The third-order valence-corrected chi connectivity index (χ3v) is 5.39. The van der Waals surface area contributed by atoms with Crippen molar-refractivity contribution in [2.75, 3.05) is 46.3 Å². The highest BCUT2D eigenvalue weighted by molar-refractivity contribution is 6.00. The normalized spacial score (nSPS) is 11.3. The summed E-state index contributed by atoms with van der Waals surface area (Å²) in [4.78, 5) is 30.9. The molecule has 0 aliphatic rings. The van der Waals surface area contributed by atoms with Gasteiger partial charge < -0.3 is 20.3 Å². The van der Waals surface area contributed by atoms with Crippen LogP contribution in [0.5, 0.6) is 0 Å². The number of nitriles is 1. The largest absolute Gasteiger partial charge is 0.380 e. The van der Waals surface area contributed by atoms with Gasteiger partial charge in [0.1, 0.15) is 17.4 Å². The van der Waals surface area contributed by atoms with Crippen LogP contribution in [0.4, 0.5) is 20.2 Å². The molecule has 1 rings (SSSR count). The molecule has 1 aromatic rings. The van der Waals surface area contributed by atoms with Gasteiger partial charge in [-0.25, -0.2) is 8.78 Å². The second-order valence-corrected chi connectivity index (χ2v) is 11.3. The topological polar surface area (TPSA) is 119 Å². The van der Waals surface area contributed by atoms with Crippen molar-refractivity contribution in [3.8, 4) is 6.07 Å². The van der Waals surface area contributed by atoms with Crippen LogP contribution in [0.25, 0.3) is 0 Å². The van der Waals surface area contributed by atoms with E-state index in [0.717, 1.165) is 31.2 Å². The Morgan fingerprint density at radius 3 is 2.07 bits per heavy atom. The molecule has 0 bridgehead atoms. The van der Waals surface area contributed by atoms with E-state index in [2.05, 4.69) is 40.3 Å². The van der Waals surface area contributed by atoms with Crippen LogP contribution in [-0.4, -0.2) is 71.7 Å². The van der Waals surface area contributed by atoms with Crippen molar-refractivity contribution in [2.45, 2.75) is 87.1 Å². The van der Waals surface area contributed by atoms with Gasteiger partial charge in [-0.05, 0) is 58.0 Å². The number of aliphatic imine (C=N–C) groups is 2. The van der Waals surface area contributed by atoms with Gasteiger partial charge in [-0.1, -0.05) is 47.6 Å². The van der Waals surface area contributed by atoms with Crippen LogP contribution >= 0.6 is 0 Å². The Labute approximate surface area is 264 Å². The lowest BCUT2D eigenvalue weighted by atomic mass is 9.90. The highest BCUT2D eigenvalue weighted by Gasteiger charge is 2.36. The molecule has 44 heavy (non-hydrogen) atoms. The van der Waals surface area contributed by atoms with Crippen LogP contribution in [0.15, 0.2) is 27.7 Å². The third-order valence-electron chi connectivity index (χ3n) is 5.39. The van der Waals surface area contributed by atoms with Gasteiger partial charge in [-0.2, -0.15) is 5.26 Å². The number of methoxy groups -OCH3 is 1. The first-order valence-corrected chi connectivity index (χ1v) is 14.7. The molecule has 0 radical (unpaired) electrons. The lowest BCUT2D eigenvalue weighted by Crippen LogP contribution is -2.47. The molecule has 0 saturated heterocycles. The van der Waals surface area contributed by atoms with E-state index in [1.54, 1.807) is 41.0 Å². The second-order valence-electron chi connectivity index (χ2n) is 11.3. The van der Waals surface area contributed by atoms with Gasteiger partial charge in [-0.15, -0.1) is 0 Å². The Morgan fingerprint density at radius 1 is 1.18 bits per heavy atom. The van der Waals surface area contributed by atoms with Crippen LogP contribution in [0.3, 0.4) is 0 Å². The van der Waals surface area contributed by atoms with Gasteiger partial charge in [-0.3, -0.25) is 19.6 Å². The molecule has 1 aromatic carbocycles. The molecule has 0 aromatic heterocycles. The van der Waals surface area contributed by atoms with Crippen LogP contribution in [0, 0.1) is 28.4 Å². The summed E-state index contributed by atoms with van der Waals surface area (Å²) in [5.41, 5.74) is -0.0247. The molecule has 11 heteroatoms. The number of carbonyl (C=O) groups is 2. The van der Waals surface area contributed by atoms with E-state index in [0.29, 0.717) is 13.0 Å². The number of carbonyl (C=O) groups excluding carboxylic acids is 2. The summed E-state index contributed by atoms with van der Waals surface area (Å²) in [5, 5.41) is 14.4. The van der Waals surface area contributed by atoms with E-state index in [4.69, 9.17) is 14.8 Å². The number of nitrogens with one attached hydrogen (secondary N) is 2. The van der Waals surface area contributed by atoms with Crippen molar-refractivity contribution < 1.29 is 23.1 Å². The fraction of sp³-hybridized carbons (Fsp3) is 0.606. The molecule has 2 N–H and O–H groups in total. The molecule has 2 amide bonds. The summed E-state index contributed by atoms with van der Waals surface area (Å²) < 4.78 is 34.2. The zero-order chi connectivity index (χ0) is 35.1. The van der Waals surface area contributed by atoms with E-state index < -0.39 is 22.7 Å². The van der Waals surface area contributed by atoms with E-state index in [-0.39, 0.29) is 29.1 Å². The molecule has 0 unspecified atom stereocenters. The monoisotopic (exact) mass is 622 g/mol. The van der Waals surface area contributed by atoms with Gasteiger partial charge in [0.15, 0.2) is 11.6 Å². The Bertz CT molecular complexity index is 1110. The second kappa shape index (κ2) is 23.9. The highest BCUT2D eigenvalue weighted by Crippen LogP contribution is 2.40. The number of amides is 2. The minimum atomic E-state index is -0.974. The molecule has 250 valence electrons. The third kappa shape index (κ3) is 17.0. The summed E-state index contributed by atoms with van der Waals surface area (Å²) in [6.45, 7) is 21.8. The zero-order valence-electron chi connectivity index (χ0n) is 29.2. The predicted molar refractivity (Wildman–Crippen MR) is 180 cm³/mol. The number of rotatable bonds is 11. The fourth-order valence-electron chi connectivity index (χ4n) is 3.73. The van der Waals surface area contributed by atoms with Gasteiger partial charge in [0.2, 0.25) is 12.3 Å². The number of anilines is 1. The van der Waals surface area contributed by atoms with E-state index >= 15 is 0 Å². The van der Waals surface area contributed by atoms with Crippen molar-refractivity contribution in [1.82, 2.24) is 10.6 Å². The van der Waals surface area contributed by atoms with Crippen molar-refractivity contribution in [3.05, 3.63) is 34.9 Å². The van der Waals surface area contributed by atoms with Gasteiger partial charge >= 0.3 is 0 Å². The average molecular weight is 623 g/mol. The van der Waals surface area contributed by atoms with Gasteiger partial charge in [0.05, 0.1) is 12.2 Å². The number of hydrogen-bond donors (Lipinski definition) is 2. The molecule has 0 fully saturated rings. The molecule has 0 spiro atoms. The molecule has 0 aliphatic carbocycles. The number of halogens is 2. The van der Waals surface area contributed by atoms with Crippen molar-refractivity contribution >= 4 is 36.1 Å². The first-order chi connectivity index (χ1) is 20.5. The zero-order valence-corrected chi connectivity index (χ0v) is 29.2. The van der Waals surface area contributed by atoms with E-state index in [1.807, 2.05) is 48.7 Å².